The highest BCUT2D eigenvalue weighted by atomic mass is 15.5. The first kappa shape index (κ1) is 34.3. The largest absolute Gasteiger partial charge is 0.304 e. The van der Waals surface area contributed by atoms with Gasteiger partial charge in [-0.25, -0.2) is 0 Å². The van der Waals surface area contributed by atoms with Gasteiger partial charge in [0, 0.05) is 26.2 Å². The van der Waals surface area contributed by atoms with Gasteiger partial charge in [-0.1, -0.05) is 29.7 Å². The summed E-state index contributed by atoms with van der Waals surface area (Å²) in [5.41, 5.74) is 0. The van der Waals surface area contributed by atoms with Crippen molar-refractivity contribution >= 4 is 0 Å². The summed E-state index contributed by atoms with van der Waals surface area (Å²) < 4.78 is 0. The maximum atomic E-state index is 2.37. The lowest BCUT2D eigenvalue weighted by Crippen LogP contribution is -2.50. The molecule has 27 heavy (non-hydrogen) atoms. The Labute approximate surface area is 174 Å². The van der Waals surface area contributed by atoms with Gasteiger partial charge in [-0.15, -0.1) is 0 Å². The molecule has 0 saturated carbocycles. The maximum absolute atomic E-state index is 2.37. The second kappa shape index (κ2) is 19.1. The molecule has 3 heterocycles. The fourth-order valence-electron chi connectivity index (χ4n) is 3.01. The second-order valence-electron chi connectivity index (χ2n) is 7.61. The van der Waals surface area contributed by atoms with Crippen LogP contribution < -0.4 is 0 Å². The molecule has 6 heteroatoms. The first-order chi connectivity index (χ1) is 10.9. The fraction of sp³-hybridized carbons (Fsp3) is 1.00. The molecule has 6 nitrogen and oxygen atoms in total. The number of nitrogens with zero attached hydrogens (tertiary/aromatic N) is 6. The smallest absolute Gasteiger partial charge is 0.0523 e. The third-order valence-electron chi connectivity index (χ3n) is 4.51. The molecule has 3 fully saturated rings. The molecule has 170 valence electrons. The summed E-state index contributed by atoms with van der Waals surface area (Å²) in [6.07, 6.45) is 2.72. The molecule has 3 aliphatic heterocycles. The van der Waals surface area contributed by atoms with Crippen LogP contribution in [0, 0.1) is 0 Å². The first-order valence-electron chi connectivity index (χ1n) is 8.98. The molecule has 3 saturated heterocycles. The molecule has 3 rings (SSSR count). The van der Waals surface area contributed by atoms with Gasteiger partial charge in [0.05, 0.1) is 20.0 Å². The van der Waals surface area contributed by atoms with E-state index in [4.69, 9.17) is 0 Å². The topological polar surface area (TPSA) is 19.4 Å². The van der Waals surface area contributed by atoms with Crippen molar-refractivity contribution in [2.45, 2.75) is 42.5 Å². The van der Waals surface area contributed by atoms with E-state index in [0.717, 1.165) is 20.0 Å². The van der Waals surface area contributed by atoms with Crippen LogP contribution in [0.2, 0.25) is 0 Å². The minimum atomic E-state index is 0. The van der Waals surface area contributed by atoms with Crippen LogP contribution in [0.1, 0.15) is 42.5 Å². The molecular formula is C21H56N6. The van der Waals surface area contributed by atoms with Crippen LogP contribution in [0.4, 0.5) is 0 Å². The minimum absolute atomic E-state index is 0. The molecule has 0 atom stereocenters. The molecule has 0 N–H and O–H groups in total. The van der Waals surface area contributed by atoms with Crippen LogP contribution in [-0.4, -0.2) is 131 Å². The van der Waals surface area contributed by atoms with E-state index in [1.807, 2.05) is 0 Å². The summed E-state index contributed by atoms with van der Waals surface area (Å²) in [6, 6.07) is 0. The van der Waals surface area contributed by atoms with Crippen molar-refractivity contribution in [2.75, 3.05) is 102 Å². The van der Waals surface area contributed by atoms with Crippen molar-refractivity contribution in [3.05, 3.63) is 0 Å². The lowest BCUT2D eigenvalue weighted by Gasteiger charge is -2.36. The monoisotopic (exact) mass is 392 g/mol. The van der Waals surface area contributed by atoms with Crippen LogP contribution >= 0.6 is 0 Å². The van der Waals surface area contributed by atoms with Crippen LogP contribution in [0.3, 0.4) is 0 Å². The normalized spacial score (nSPS) is 22.4. The quantitative estimate of drug-likeness (QED) is 0.627. The molecule has 0 aromatic carbocycles. The van der Waals surface area contributed by atoms with Gasteiger partial charge in [0.25, 0.3) is 0 Å². The van der Waals surface area contributed by atoms with Gasteiger partial charge in [0.15, 0.2) is 0 Å². The van der Waals surface area contributed by atoms with E-state index < -0.39 is 0 Å². The van der Waals surface area contributed by atoms with E-state index in [-0.39, 0.29) is 29.7 Å². The van der Waals surface area contributed by atoms with Gasteiger partial charge in [0.2, 0.25) is 0 Å². The van der Waals surface area contributed by atoms with Crippen molar-refractivity contribution in [3.63, 3.8) is 0 Å². The van der Waals surface area contributed by atoms with E-state index >= 15 is 0 Å². The van der Waals surface area contributed by atoms with E-state index in [1.165, 1.54) is 52.1 Å². The minimum Gasteiger partial charge on any atom is -0.304 e. The standard InChI is InChI=1S/C7H16N2.C6H14N2.C4H10N2.4CH4/c1-8-5-3-4-6-9(2)7-8;1-7-3-5-8(2)6-4-7;1-5-3-6(2)4-5;;;;/h3-7H2,1-2H3;3-6H2,1-2H3;3-4H2,1-2H3;4*1H4. The van der Waals surface area contributed by atoms with Gasteiger partial charge in [-0.05, 0) is 68.2 Å². The summed E-state index contributed by atoms with van der Waals surface area (Å²) in [5, 5.41) is 0. The van der Waals surface area contributed by atoms with Crippen molar-refractivity contribution in [2.24, 2.45) is 0 Å². The van der Waals surface area contributed by atoms with E-state index in [9.17, 15) is 0 Å². The number of hydrogen-bond donors (Lipinski definition) is 0. The van der Waals surface area contributed by atoms with Crippen LogP contribution in [0.5, 0.6) is 0 Å². The number of rotatable bonds is 0. The van der Waals surface area contributed by atoms with Crippen LogP contribution in [0.25, 0.3) is 0 Å². The highest BCUT2D eigenvalue weighted by Crippen LogP contribution is 2.01. The van der Waals surface area contributed by atoms with Crippen molar-refractivity contribution in [1.82, 2.24) is 29.4 Å². The van der Waals surface area contributed by atoms with Crippen LogP contribution in [0.15, 0.2) is 0 Å². The van der Waals surface area contributed by atoms with Gasteiger partial charge in [-0.2, -0.15) is 0 Å². The maximum Gasteiger partial charge on any atom is 0.0523 e. The Bertz CT molecular complexity index is 262. The molecule has 0 aliphatic carbocycles. The predicted octanol–water partition coefficient (Wildman–Crippen LogP) is 2.79. The van der Waals surface area contributed by atoms with Crippen molar-refractivity contribution in [1.29, 1.82) is 0 Å². The lowest BCUT2D eigenvalue weighted by molar-refractivity contribution is 0.0149. The number of hydrogen-bond acceptors (Lipinski definition) is 6. The highest BCUT2D eigenvalue weighted by Gasteiger charge is 2.13. The molecule has 0 amide bonds. The summed E-state index contributed by atoms with van der Waals surface area (Å²) >= 11 is 0. The Balaban J connectivity index is -0.000000139. The third kappa shape index (κ3) is 17.6. The first-order valence-corrected chi connectivity index (χ1v) is 8.98. The highest BCUT2D eigenvalue weighted by molar-refractivity contribution is 4.64. The Morgan fingerprint density at radius 1 is 0.333 bits per heavy atom. The summed E-state index contributed by atoms with van der Waals surface area (Å²) in [7, 11) is 12.9. The molecule has 0 aromatic rings. The average molecular weight is 393 g/mol. The Kier molecular flexibility index (Phi) is 24.2. The molecule has 0 bridgehead atoms. The zero-order chi connectivity index (χ0) is 17.2. The summed E-state index contributed by atoms with van der Waals surface area (Å²) in [6.45, 7) is 10.9. The van der Waals surface area contributed by atoms with Crippen molar-refractivity contribution < 1.29 is 0 Å². The Morgan fingerprint density at radius 2 is 0.593 bits per heavy atom. The third-order valence-corrected chi connectivity index (χ3v) is 4.51. The Hall–Kier alpha value is -0.240. The zero-order valence-corrected chi connectivity index (χ0v) is 16.5. The lowest BCUT2D eigenvalue weighted by atomic mass is 10.3. The second-order valence-corrected chi connectivity index (χ2v) is 7.61. The molecular weight excluding hydrogens is 336 g/mol. The summed E-state index contributed by atoms with van der Waals surface area (Å²) in [4.78, 5) is 14.0. The van der Waals surface area contributed by atoms with Crippen molar-refractivity contribution in [3.8, 4) is 0 Å². The SMILES string of the molecule is C.C.C.C.CN1CCCCN(C)C1.CN1CCN(C)CC1.CN1CN(C)C1. The molecule has 0 aromatic heterocycles. The van der Waals surface area contributed by atoms with Gasteiger partial charge in [0.1, 0.15) is 0 Å². The van der Waals surface area contributed by atoms with Crippen LogP contribution in [-0.2, 0) is 0 Å². The predicted molar refractivity (Wildman–Crippen MR) is 127 cm³/mol. The molecule has 0 spiro atoms. The van der Waals surface area contributed by atoms with E-state index in [2.05, 4.69) is 71.7 Å². The van der Waals surface area contributed by atoms with Gasteiger partial charge in [-0.3, -0.25) is 19.6 Å². The molecule has 3 aliphatic rings. The number of likely N-dealkylation sites (N-methyl/N-ethyl adjacent to an activating group) is 2. The van der Waals surface area contributed by atoms with Gasteiger partial charge >= 0.3 is 0 Å². The number of piperazine rings is 1. The molecule has 0 radical (unpaired) electrons. The van der Waals surface area contributed by atoms with Gasteiger partial charge < -0.3 is 9.80 Å². The fourth-order valence-corrected chi connectivity index (χ4v) is 3.01. The summed E-state index contributed by atoms with van der Waals surface area (Å²) in [5.74, 6) is 0. The molecule has 0 unspecified atom stereocenters. The zero-order valence-electron chi connectivity index (χ0n) is 16.5. The van der Waals surface area contributed by atoms with E-state index in [1.54, 1.807) is 0 Å². The van der Waals surface area contributed by atoms with E-state index in [0.29, 0.717) is 0 Å². The average Bonchev–Trinajstić information content (AvgIpc) is 2.65. The Morgan fingerprint density at radius 3 is 0.815 bits per heavy atom.